The maximum absolute atomic E-state index is 13.9. The third kappa shape index (κ3) is 4.09. The number of nitriles is 1. The van der Waals surface area contributed by atoms with Crippen molar-refractivity contribution < 1.29 is 13.6 Å². The number of benzene rings is 1. The number of carbonyl (C=O) groups is 1. The molecule has 0 aliphatic carbocycles. The molecule has 6 nitrogen and oxygen atoms in total. The molecule has 0 N–H and O–H groups in total. The maximum atomic E-state index is 13.9. The van der Waals surface area contributed by atoms with Crippen molar-refractivity contribution in [3.05, 3.63) is 71.6 Å². The lowest BCUT2D eigenvalue weighted by Gasteiger charge is -2.40. The van der Waals surface area contributed by atoms with E-state index in [0.29, 0.717) is 42.1 Å². The highest BCUT2D eigenvalue weighted by Crippen LogP contribution is 2.33. The van der Waals surface area contributed by atoms with Crippen molar-refractivity contribution in [2.45, 2.75) is 32.7 Å². The molecule has 1 atom stereocenters. The van der Waals surface area contributed by atoms with Crippen LogP contribution in [-0.2, 0) is 0 Å². The van der Waals surface area contributed by atoms with Gasteiger partial charge in [-0.15, -0.1) is 0 Å². The first kappa shape index (κ1) is 21.6. The van der Waals surface area contributed by atoms with Gasteiger partial charge in [0.15, 0.2) is 0 Å². The molecule has 1 fully saturated rings. The second kappa shape index (κ2) is 8.83. The molecule has 4 rings (SSSR count). The summed E-state index contributed by atoms with van der Waals surface area (Å²) in [6, 6.07) is 12.0. The van der Waals surface area contributed by atoms with E-state index in [1.165, 1.54) is 24.7 Å². The quantitative estimate of drug-likeness (QED) is 0.591. The average molecular weight is 432 g/mol. The Hall–Kier alpha value is -3.66. The number of nitrogens with zero attached hydrogens (tertiary/aromatic N) is 4. The van der Waals surface area contributed by atoms with Gasteiger partial charge in [-0.25, -0.2) is 9.37 Å². The Kier molecular flexibility index (Phi) is 5.95. The average Bonchev–Trinajstić information content (AvgIpc) is 3.32. The van der Waals surface area contributed by atoms with Crippen LogP contribution in [0.4, 0.5) is 10.2 Å². The molecule has 1 aliphatic rings. The number of pyridine rings is 1. The molecule has 0 saturated carbocycles. The summed E-state index contributed by atoms with van der Waals surface area (Å²) < 4.78 is 18.9. The van der Waals surface area contributed by atoms with Crippen LogP contribution in [0.5, 0.6) is 0 Å². The number of furan rings is 1. The van der Waals surface area contributed by atoms with Crippen molar-refractivity contribution in [3.8, 4) is 17.2 Å². The summed E-state index contributed by atoms with van der Waals surface area (Å²) in [5, 5.41) is 9.87. The lowest BCUT2D eigenvalue weighted by Crippen LogP contribution is -2.54. The Morgan fingerprint density at radius 1 is 1.28 bits per heavy atom. The Bertz CT molecular complexity index is 1170. The predicted octanol–water partition coefficient (Wildman–Crippen LogP) is 4.83. The molecule has 0 spiro atoms. The highest BCUT2D eigenvalue weighted by molar-refractivity contribution is 5.94. The van der Waals surface area contributed by atoms with E-state index < -0.39 is 0 Å². The van der Waals surface area contributed by atoms with Gasteiger partial charge >= 0.3 is 0 Å². The number of aromatic nitrogens is 1. The first-order valence-electron chi connectivity index (χ1n) is 10.7. The molecule has 7 heteroatoms. The van der Waals surface area contributed by atoms with Crippen LogP contribution in [0.1, 0.15) is 48.3 Å². The molecule has 0 radical (unpaired) electrons. The zero-order chi connectivity index (χ0) is 22.8. The number of anilines is 1. The van der Waals surface area contributed by atoms with Gasteiger partial charge in [0.1, 0.15) is 24.0 Å². The van der Waals surface area contributed by atoms with Gasteiger partial charge in [-0.05, 0) is 42.7 Å². The van der Waals surface area contributed by atoms with E-state index in [4.69, 9.17) is 9.40 Å². The zero-order valence-electron chi connectivity index (χ0n) is 18.4. The fourth-order valence-corrected chi connectivity index (χ4v) is 4.17. The maximum Gasteiger partial charge on any atom is 0.257 e. The summed E-state index contributed by atoms with van der Waals surface area (Å²) in [5.41, 5.74) is 3.25. The van der Waals surface area contributed by atoms with E-state index in [1.807, 2.05) is 31.7 Å². The fraction of sp³-hybridized carbons (Fsp3) is 0.320. The van der Waals surface area contributed by atoms with Crippen molar-refractivity contribution in [1.29, 1.82) is 5.26 Å². The van der Waals surface area contributed by atoms with E-state index >= 15 is 0 Å². The number of amides is 1. The van der Waals surface area contributed by atoms with Gasteiger partial charge in [0, 0.05) is 31.2 Å². The van der Waals surface area contributed by atoms with Crippen LogP contribution in [0.2, 0.25) is 0 Å². The molecule has 32 heavy (non-hydrogen) atoms. The van der Waals surface area contributed by atoms with Crippen LogP contribution in [0.25, 0.3) is 11.1 Å². The molecule has 1 unspecified atom stereocenters. The van der Waals surface area contributed by atoms with Gasteiger partial charge in [0.2, 0.25) is 0 Å². The normalized spacial score (nSPS) is 16.3. The minimum atomic E-state index is -0.327. The van der Waals surface area contributed by atoms with Crippen LogP contribution in [0.3, 0.4) is 0 Å². The van der Waals surface area contributed by atoms with E-state index in [1.54, 1.807) is 18.2 Å². The van der Waals surface area contributed by atoms with Crippen LogP contribution in [0.15, 0.2) is 53.3 Å². The lowest BCUT2D eigenvalue weighted by atomic mass is 9.95. The standard InChI is InChI=1S/C25H25FN4O2/c1-16(2)23-22(18-5-4-6-21(26)11-18)12-20(13-27)24(28-23)29-8-9-30(17(3)14-29)25(31)19-7-10-32-15-19/h4-7,10-12,15-17H,8-9,14H2,1-3H3. The number of rotatable bonds is 4. The molecule has 1 aliphatic heterocycles. The summed E-state index contributed by atoms with van der Waals surface area (Å²) in [6.07, 6.45) is 2.95. The largest absolute Gasteiger partial charge is 0.472 e. The van der Waals surface area contributed by atoms with Crippen LogP contribution < -0.4 is 4.90 Å². The number of hydrogen-bond acceptors (Lipinski definition) is 5. The van der Waals surface area contributed by atoms with Crippen molar-refractivity contribution in [3.63, 3.8) is 0 Å². The second-order valence-corrected chi connectivity index (χ2v) is 8.37. The molecular weight excluding hydrogens is 407 g/mol. The van der Waals surface area contributed by atoms with Gasteiger partial charge in [-0.3, -0.25) is 4.79 Å². The van der Waals surface area contributed by atoms with E-state index in [2.05, 4.69) is 11.0 Å². The van der Waals surface area contributed by atoms with Crippen molar-refractivity contribution in [2.75, 3.05) is 24.5 Å². The molecule has 1 saturated heterocycles. The van der Waals surface area contributed by atoms with Gasteiger partial charge in [-0.2, -0.15) is 5.26 Å². The van der Waals surface area contributed by atoms with Crippen LogP contribution in [0, 0.1) is 17.1 Å². The zero-order valence-corrected chi connectivity index (χ0v) is 18.4. The van der Waals surface area contributed by atoms with Gasteiger partial charge in [-0.1, -0.05) is 26.0 Å². The van der Waals surface area contributed by atoms with E-state index in [9.17, 15) is 14.4 Å². The second-order valence-electron chi connectivity index (χ2n) is 8.37. The van der Waals surface area contributed by atoms with Crippen LogP contribution in [-0.4, -0.2) is 41.5 Å². The Morgan fingerprint density at radius 3 is 2.72 bits per heavy atom. The SMILES string of the molecule is CC(C)c1nc(N2CCN(C(=O)c3ccoc3)C(C)C2)c(C#N)cc1-c1cccc(F)c1. The molecule has 0 bridgehead atoms. The minimum absolute atomic E-state index is 0.0649. The third-order valence-electron chi connectivity index (χ3n) is 5.79. The number of hydrogen-bond donors (Lipinski definition) is 0. The fourth-order valence-electron chi connectivity index (χ4n) is 4.17. The highest BCUT2D eigenvalue weighted by Gasteiger charge is 2.31. The monoisotopic (exact) mass is 432 g/mol. The topological polar surface area (TPSA) is 73.4 Å². The highest BCUT2D eigenvalue weighted by atomic mass is 19.1. The first-order chi connectivity index (χ1) is 15.4. The van der Waals surface area contributed by atoms with Gasteiger partial charge in [0.25, 0.3) is 5.91 Å². The smallest absolute Gasteiger partial charge is 0.257 e. The number of halogens is 1. The molecule has 164 valence electrons. The van der Waals surface area contributed by atoms with E-state index in [-0.39, 0.29) is 23.7 Å². The Balaban J connectivity index is 1.66. The van der Waals surface area contributed by atoms with Gasteiger partial charge < -0.3 is 14.2 Å². The molecule has 3 heterocycles. The third-order valence-corrected chi connectivity index (χ3v) is 5.79. The number of carbonyl (C=O) groups excluding carboxylic acids is 1. The molecule has 3 aromatic rings. The molecule has 1 aromatic carbocycles. The van der Waals surface area contributed by atoms with Crippen molar-refractivity contribution in [2.24, 2.45) is 0 Å². The molecule has 1 amide bonds. The van der Waals surface area contributed by atoms with Crippen molar-refractivity contribution in [1.82, 2.24) is 9.88 Å². The summed E-state index contributed by atoms with van der Waals surface area (Å²) >= 11 is 0. The predicted molar refractivity (Wildman–Crippen MR) is 120 cm³/mol. The lowest BCUT2D eigenvalue weighted by molar-refractivity contribution is 0.0673. The summed E-state index contributed by atoms with van der Waals surface area (Å²) in [5.74, 6) is 0.301. The van der Waals surface area contributed by atoms with Crippen molar-refractivity contribution >= 4 is 11.7 Å². The van der Waals surface area contributed by atoms with Gasteiger partial charge in [0.05, 0.1) is 23.1 Å². The Morgan fingerprint density at radius 2 is 2.09 bits per heavy atom. The number of piperazine rings is 1. The summed E-state index contributed by atoms with van der Waals surface area (Å²) in [6.45, 7) is 7.69. The molecule has 2 aromatic heterocycles. The first-order valence-corrected chi connectivity index (χ1v) is 10.7. The Labute approximate surface area is 186 Å². The minimum Gasteiger partial charge on any atom is -0.472 e. The summed E-state index contributed by atoms with van der Waals surface area (Å²) in [7, 11) is 0. The van der Waals surface area contributed by atoms with E-state index in [0.717, 1.165) is 11.3 Å². The van der Waals surface area contributed by atoms with Crippen LogP contribution >= 0.6 is 0 Å². The summed E-state index contributed by atoms with van der Waals surface area (Å²) in [4.78, 5) is 21.5. The molecular formula is C25H25FN4O2.